The number of carbonyl (C=O) groups excluding carboxylic acids is 1. The number of sulfonamides is 1. The fourth-order valence-electron chi connectivity index (χ4n) is 2.62. The number of carbonyl (C=O) groups is 1. The number of nitrogens with zero attached hydrogens (tertiary/aromatic N) is 1. The Bertz CT molecular complexity index is 1030. The van der Waals surface area contributed by atoms with Crippen LogP contribution in [0.25, 0.3) is 10.1 Å². The molecule has 6 nitrogen and oxygen atoms in total. The molecule has 2 aromatic carbocycles. The molecular weight excluding hydrogens is 372 g/mol. The highest BCUT2D eigenvalue weighted by Gasteiger charge is 2.18. The van der Waals surface area contributed by atoms with E-state index in [0.717, 1.165) is 21.2 Å². The summed E-state index contributed by atoms with van der Waals surface area (Å²) in [5.74, 6) is -0.561. The van der Waals surface area contributed by atoms with E-state index < -0.39 is 15.9 Å². The van der Waals surface area contributed by atoms with Gasteiger partial charge in [-0.25, -0.2) is 13.9 Å². The van der Waals surface area contributed by atoms with Gasteiger partial charge in [0.05, 0.1) is 11.1 Å². The summed E-state index contributed by atoms with van der Waals surface area (Å²) in [4.78, 5) is 11.9. The van der Waals surface area contributed by atoms with Gasteiger partial charge in [0.1, 0.15) is 0 Å². The summed E-state index contributed by atoms with van der Waals surface area (Å²) in [5, 5.41) is 9.62. The van der Waals surface area contributed by atoms with Gasteiger partial charge in [0.2, 0.25) is 10.0 Å². The zero-order chi connectivity index (χ0) is 18.7. The van der Waals surface area contributed by atoms with Crippen molar-refractivity contribution in [3.8, 4) is 0 Å². The van der Waals surface area contributed by atoms with Crippen LogP contribution in [0.2, 0.25) is 0 Å². The van der Waals surface area contributed by atoms with Crippen LogP contribution in [0.4, 0.5) is 0 Å². The van der Waals surface area contributed by atoms with Gasteiger partial charge in [0.15, 0.2) is 0 Å². The van der Waals surface area contributed by atoms with Gasteiger partial charge >= 0.3 is 0 Å². The van der Waals surface area contributed by atoms with Crippen molar-refractivity contribution in [2.45, 2.75) is 13.1 Å². The van der Waals surface area contributed by atoms with E-state index in [0.29, 0.717) is 11.4 Å². The molecule has 1 aromatic heterocycles. The SMILES string of the molecule is CS(=O)(=O)N(Cc1ccccc1)Cc1ccc2cc(C(=O)NO)sc2c1. The molecule has 0 bridgehead atoms. The Morgan fingerprint density at radius 3 is 2.42 bits per heavy atom. The molecule has 136 valence electrons. The van der Waals surface area contributed by atoms with Crippen LogP contribution >= 0.6 is 11.3 Å². The van der Waals surface area contributed by atoms with Crippen molar-refractivity contribution in [3.05, 3.63) is 70.6 Å². The lowest BCUT2D eigenvalue weighted by Crippen LogP contribution is -2.29. The standard InChI is InChI=1S/C18H18N2O4S2/c1-26(23,24)20(11-13-5-3-2-4-6-13)12-14-7-8-15-10-17(18(21)19-22)25-16(15)9-14/h2-10,22H,11-12H2,1H3,(H,19,21). The van der Waals surface area contributed by atoms with Crippen LogP contribution in [0.1, 0.15) is 20.8 Å². The van der Waals surface area contributed by atoms with Gasteiger partial charge in [-0.2, -0.15) is 4.31 Å². The minimum atomic E-state index is -3.39. The van der Waals surface area contributed by atoms with E-state index >= 15 is 0 Å². The van der Waals surface area contributed by atoms with E-state index in [-0.39, 0.29) is 6.54 Å². The normalized spacial score (nSPS) is 11.8. The summed E-state index contributed by atoms with van der Waals surface area (Å²) in [6.45, 7) is 0.531. The zero-order valence-corrected chi connectivity index (χ0v) is 15.7. The third-order valence-electron chi connectivity index (χ3n) is 3.94. The number of hydrogen-bond acceptors (Lipinski definition) is 5. The molecule has 0 radical (unpaired) electrons. The van der Waals surface area contributed by atoms with Crippen molar-refractivity contribution in [3.63, 3.8) is 0 Å². The molecule has 0 fully saturated rings. The smallest absolute Gasteiger partial charge is 0.284 e. The molecule has 0 aliphatic carbocycles. The summed E-state index contributed by atoms with van der Waals surface area (Å²) in [6.07, 6.45) is 1.20. The molecule has 0 atom stereocenters. The van der Waals surface area contributed by atoms with Crippen LogP contribution < -0.4 is 5.48 Å². The van der Waals surface area contributed by atoms with E-state index in [9.17, 15) is 13.2 Å². The average molecular weight is 390 g/mol. The number of thiophene rings is 1. The Labute approximate surface area is 155 Å². The monoisotopic (exact) mass is 390 g/mol. The predicted octanol–water partition coefficient (Wildman–Crippen LogP) is 2.98. The second-order valence-electron chi connectivity index (χ2n) is 5.94. The van der Waals surface area contributed by atoms with Gasteiger partial charge in [-0.1, -0.05) is 42.5 Å². The summed E-state index contributed by atoms with van der Waals surface area (Å²) in [7, 11) is -3.39. The third-order valence-corrected chi connectivity index (χ3v) is 6.23. The van der Waals surface area contributed by atoms with Gasteiger partial charge in [0.25, 0.3) is 5.91 Å². The van der Waals surface area contributed by atoms with Crippen LogP contribution in [-0.2, 0) is 23.1 Å². The van der Waals surface area contributed by atoms with Crippen LogP contribution in [-0.4, -0.2) is 30.1 Å². The van der Waals surface area contributed by atoms with E-state index in [1.54, 1.807) is 11.5 Å². The number of nitrogens with one attached hydrogen (secondary N) is 1. The molecule has 0 saturated carbocycles. The minimum absolute atomic E-state index is 0.239. The van der Waals surface area contributed by atoms with E-state index in [2.05, 4.69) is 0 Å². The third kappa shape index (κ3) is 4.28. The van der Waals surface area contributed by atoms with Crippen LogP contribution in [0.15, 0.2) is 54.6 Å². The van der Waals surface area contributed by atoms with Crippen LogP contribution in [0.5, 0.6) is 0 Å². The Kier molecular flexibility index (Phi) is 5.38. The number of fused-ring (bicyclic) bond motifs is 1. The molecule has 1 heterocycles. The first-order chi connectivity index (χ1) is 12.4. The highest BCUT2D eigenvalue weighted by molar-refractivity contribution is 7.88. The van der Waals surface area contributed by atoms with Gasteiger partial charge in [-0.05, 0) is 28.6 Å². The topological polar surface area (TPSA) is 86.7 Å². The Morgan fingerprint density at radius 2 is 1.77 bits per heavy atom. The highest BCUT2D eigenvalue weighted by atomic mass is 32.2. The van der Waals surface area contributed by atoms with Crippen molar-refractivity contribution >= 4 is 37.4 Å². The number of amides is 1. The molecule has 0 aliphatic heterocycles. The zero-order valence-electron chi connectivity index (χ0n) is 14.0. The Hall–Kier alpha value is -2.26. The summed E-state index contributed by atoms with van der Waals surface area (Å²) < 4.78 is 26.6. The Balaban J connectivity index is 1.87. The van der Waals surface area contributed by atoms with Gasteiger partial charge in [0, 0.05) is 17.8 Å². The lowest BCUT2D eigenvalue weighted by Gasteiger charge is -2.20. The second-order valence-corrected chi connectivity index (χ2v) is 9.01. The highest BCUT2D eigenvalue weighted by Crippen LogP contribution is 2.27. The fourth-order valence-corrected chi connectivity index (χ4v) is 4.41. The lowest BCUT2D eigenvalue weighted by atomic mass is 10.1. The molecule has 2 N–H and O–H groups in total. The van der Waals surface area contributed by atoms with E-state index in [1.165, 1.54) is 21.9 Å². The van der Waals surface area contributed by atoms with E-state index in [4.69, 9.17) is 5.21 Å². The molecule has 0 aliphatic rings. The van der Waals surface area contributed by atoms with Crippen molar-refractivity contribution in [2.24, 2.45) is 0 Å². The number of rotatable bonds is 6. The maximum atomic E-state index is 12.2. The maximum absolute atomic E-state index is 12.2. The molecule has 3 aromatic rings. The van der Waals surface area contributed by atoms with Crippen molar-refractivity contribution in [2.75, 3.05) is 6.26 Å². The number of hydrogen-bond donors (Lipinski definition) is 2. The molecule has 3 rings (SSSR count). The predicted molar refractivity (Wildman–Crippen MR) is 102 cm³/mol. The summed E-state index contributed by atoms with van der Waals surface area (Å²) in [5.41, 5.74) is 3.36. The van der Waals surface area contributed by atoms with Gasteiger partial charge in [-0.15, -0.1) is 11.3 Å². The van der Waals surface area contributed by atoms with Gasteiger partial charge in [-0.3, -0.25) is 10.0 Å². The quantitative estimate of drug-likeness (QED) is 0.500. The number of hydroxylamine groups is 1. The summed E-state index contributed by atoms with van der Waals surface area (Å²) in [6, 6.07) is 16.7. The first-order valence-corrected chi connectivity index (χ1v) is 10.5. The molecule has 1 amide bonds. The van der Waals surface area contributed by atoms with Crippen molar-refractivity contribution in [1.29, 1.82) is 0 Å². The second kappa shape index (κ2) is 7.55. The van der Waals surface area contributed by atoms with Crippen LogP contribution in [0.3, 0.4) is 0 Å². The molecule has 0 spiro atoms. The minimum Gasteiger partial charge on any atom is -0.288 e. The Morgan fingerprint density at radius 1 is 1.08 bits per heavy atom. The first-order valence-electron chi connectivity index (χ1n) is 7.83. The summed E-state index contributed by atoms with van der Waals surface area (Å²) >= 11 is 1.24. The molecule has 8 heteroatoms. The first kappa shape index (κ1) is 18.5. The molecule has 0 unspecified atom stereocenters. The largest absolute Gasteiger partial charge is 0.288 e. The maximum Gasteiger partial charge on any atom is 0.284 e. The molecular formula is C18H18N2O4S2. The van der Waals surface area contributed by atoms with Gasteiger partial charge < -0.3 is 0 Å². The van der Waals surface area contributed by atoms with E-state index in [1.807, 2.05) is 48.5 Å². The number of benzene rings is 2. The van der Waals surface area contributed by atoms with Crippen molar-refractivity contribution in [1.82, 2.24) is 9.79 Å². The van der Waals surface area contributed by atoms with Crippen LogP contribution in [0, 0.1) is 0 Å². The lowest BCUT2D eigenvalue weighted by molar-refractivity contribution is 0.0711. The average Bonchev–Trinajstić information content (AvgIpc) is 3.04. The molecule has 26 heavy (non-hydrogen) atoms. The molecule has 0 saturated heterocycles. The fraction of sp³-hybridized carbons (Fsp3) is 0.167. The van der Waals surface area contributed by atoms with Crippen molar-refractivity contribution < 1.29 is 18.4 Å².